The molecule has 28 heavy (non-hydrogen) atoms. The minimum Gasteiger partial charge on any atom is -0.456 e. The molecular formula is C23H27NO4. The summed E-state index contributed by atoms with van der Waals surface area (Å²) >= 11 is 0. The highest BCUT2D eigenvalue weighted by Crippen LogP contribution is 2.29. The highest BCUT2D eigenvalue weighted by molar-refractivity contribution is 5.94. The smallest absolute Gasteiger partial charge is 0.342 e. The number of benzene rings is 2. The molecule has 1 fully saturated rings. The number of carbonyl (C=O) groups is 2. The van der Waals surface area contributed by atoms with Crippen LogP contribution in [-0.2, 0) is 9.53 Å². The standard InChI is InChI=1S/C23H27NO4/c1-16-9-8-13-20(17(16)2)24-22(25)15-27-23(26)19-12-6-7-14-21(19)28-18-10-4-3-5-11-18/h3-7,10-12,14,16-17,20H,8-9,13,15H2,1-2H3,(H,24,25)/t16-,17+,20-/m0/s1. The van der Waals surface area contributed by atoms with Gasteiger partial charge in [-0.3, -0.25) is 4.79 Å². The number of nitrogens with one attached hydrogen (secondary N) is 1. The van der Waals surface area contributed by atoms with Gasteiger partial charge >= 0.3 is 5.97 Å². The minimum absolute atomic E-state index is 0.142. The van der Waals surface area contributed by atoms with Crippen LogP contribution in [0.3, 0.4) is 0 Å². The Kier molecular flexibility index (Phi) is 6.69. The summed E-state index contributed by atoms with van der Waals surface area (Å²) in [6.45, 7) is 4.08. The topological polar surface area (TPSA) is 64.6 Å². The van der Waals surface area contributed by atoms with Crippen LogP contribution in [0.2, 0.25) is 0 Å². The van der Waals surface area contributed by atoms with E-state index in [2.05, 4.69) is 19.2 Å². The van der Waals surface area contributed by atoms with Crippen molar-refractivity contribution in [1.29, 1.82) is 0 Å². The second kappa shape index (κ2) is 9.40. The van der Waals surface area contributed by atoms with Gasteiger partial charge in [0.25, 0.3) is 5.91 Å². The van der Waals surface area contributed by atoms with E-state index in [1.807, 2.05) is 30.3 Å². The maximum absolute atomic E-state index is 12.5. The van der Waals surface area contributed by atoms with Crippen molar-refractivity contribution in [1.82, 2.24) is 5.32 Å². The van der Waals surface area contributed by atoms with Gasteiger partial charge in [0.15, 0.2) is 6.61 Å². The molecule has 0 heterocycles. The predicted molar refractivity (Wildman–Crippen MR) is 107 cm³/mol. The molecule has 0 aliphatic heterocycles. The van der Waals surface area contributed by atoms with Crippen LogP contribution in [0.1, 0.15) is 43.5 Å². The van der Waals surface area contributed by atoms with Crippen LogP contribution >= 0.6 is 0 Å². The SMILES string of the molecule is C[C@H]1[C@@H](NC(=O)COC(=O)c2ccccc2Oc2ccccc2)CCC[C@@H]1C. The Labute approximate surface area is 166 Å². The first kappa shape index (κ1) is 19.9. The number of hydrogen-bond acceptors (Lipinski definition) is 4. The molecule has 0 unspecified atom stereocenters. The van der Waals surface area contributed by atoms with E-state index in [4.69, 9.17) is 9.47 Å². The summed E-state index contributed by atoms with van der Waals surface area (Å²) in [4.78, 5) is 24.7. The largest absolute Gasteiger partial charge is 0.456 e. The van der Waals surface area contributed by atoms with Crippen LogP contribution in [0.4, 0.5) is 0 Å². The van der Waals surface area contributed by atoms with Crippen molar-refractivity contribution in [3.63, 3.8) is 0 Å². The zero-order valence-electron chi connectivity index (χ0n) is 16.4. The predicted octanol–water partition coefficient (Wildman–Crippen LogP) is 4.58. The van der Waals surface area contributed by atoms with Crippen LogP contribution in [0, 0.1) is 11.8 Å². The Bertz CT molecular complexity index is 805. The van der Waals surface area contributed by atoms with Gasteiger partial charge in [-0.15, -0.1) is 0 Å². The van der Waals surface area contributed by atoms with Gasteiger partial charge in [-0.1, -0.05) is 57.0 Å². The summed E-state index contributed by atoms with van der Waals surface area (Å²) in [7, 11) is 0. The third-order valence-electron chi connectivity index (χ3n) is 5.47. The van der Waals surface area contributed by atoms with Gasteiger partial charge in [-0.2, -0.15) is 0 Å². The van der Waals surface area contributed by atoms with Gasteiger partial charge in [0, 0.05) is 6.04 Å². The molecule has 0 radical (unpaired) electrons. The van der Waals surface area contributed by atoms with Crippen LogP contribution in [0.5, 0.6) is 11.5 Å². The maximum atomic E-state index is 12.5. The summed E-state index contributed by atoms with van der Waals surface area (Å²) in [5.41, 5.74) is 0.291. The fraction of sp³-hybridized carbons (Fsp3) is 0.391. The lowest BCUT2D eigenvalue weighted by Gasteiger charge is -2.34. The molecule has 2 aromatic carbocycles. The summed E-state index contributed by atoms with van der Waals surface area (Å²) in [6, 6.07) is 16.2. The zero-order chi connectivity index (χ0) is 19.9. The molecule has 2 aromatic rings. The van der Waals surface area contributed by atoms with Gasteiger partial charge in [-0.05, 0) is 42.5 Å². The molecule has 1 aliphatic rings. The normalized spacial score (nSPS) is 21.6. The van der Waals surface area contributed by atoms with Gasteiger partial charge in [0.05, 0.1) is 0 Å². The highest BCUT2D eigenvalue weighted by atomic mass is 16.5. The fourth-order valence-electron chi connectivity index (χ4n) is 3.58. The first-order valence-corrected chi connectivity index (χ1v) is 9.83. The summed E-state index contributed by atoms with van der Waals surface area (Å²) in [5, 5.41) is 3.01. The van der Waals surface area contributed by atoms with Crippen molar-refractivity contribution in [2.24, 2.45) is 11.8 Å². The summed E-state index contributed by atoms with van der Waals surface area (Å²) in [6.07, 6.45) is 3.28. The first-order chi connectivity index (χ1) is 13.5. The van der Waals surface area contributed by atoms with E-state index in [1.54, 1.807) is 24.3 Å². The van der Waals surface area contributed by atoms with E-state index in [-0.39, 0.29) is 18.6 Å². The van der Waals surface area contributed by atoms with Crippen LogP contribution in [0.25, 0.3) is 0 Å². The van der Waals surface area contributed by atoms with Crippen molar-refractivity contribution in [2.45, 2.75) is 39.2 Å². The third kappa shape index (κ3) is 5.12. The number of hydrogen-bond donors (Lipinski definition) is 1. The molecule has 1 amide bonds. The molecule has 0 aromatic heterocycles. The van der Waals surface area contributed by atoms with E-state index in [0.717, 1.165) is 12.8 Å². The number of amides is 1. The Morgan fingerprint density at radius 1 is 1.00 bits per heavy atom. The molecule has 5 nitrogen and oxygen atoms in total. The monoisotopic (exact) mass is 381 g/mol. The average Bonchev–Trinajstić information content (AvgIpc) is 2.71. The van der Waals surface area contributed by atoms with Gasteiger partial charge in [0.1, 0.15) is 17.1 Å². The van der Waals surface area contributed by atoms with Gasteiger partial charge in [-0.25, -0.2) is 4.79 Å². The molecular weight excluding hydrogens is 354 g/mol. The number of esters is 1. The molecule has 1 N–H and O–H groups in total. The molecule has 1 aliphatic carbocycles. The minimum atomic E-state index is -0.577. The molecule has 0 saturated heterocycles. The van der Waals surface area contributed by atoms with Crippen molar-refractivity contribution < 1.29 is 19.1 Å². The molecule has 5 heteroatoms. The van der Waals surface area contributed by atoms with E-state index in [0.29, 0.717) is 28.9 Å². The molecule has 3 rings (SSSR count). The van der Waals surface area contributed by atoms with Crippen molar-refractivity contribution in [2.75, 3.05) is 6.61 Å². The second-order valence-electron chi connectivity index (χ2n) is 7.43. The highest BCUT2D eigenvalue weighted by Gasteiger charge is 2.28. The van der Waals surface area contributed by atoms with Crippen molar-refractivity contribution >= 4 is 11.9 Å². The number of carbonyl (C=O) groups excluding carboxylic acids is 2. The number of para-hydroxylation sites is 2. The molecule has 3 atom stereocenters. The van der Waals surface area contributed by atoms with Crippen LogP contribution in [-0.4, -0.2) is 24.5 Å². The second-order valence-corrected chi connectivity index (χ2v) is 7.43. The van der Waals surface area contributed by atoms with Crippen LogP contribution in [0.15, 0.2) is 54.6 Å². The van der Waals surface area contributed by atoms with E-state index >= 15 is 0 Å². The quantitative estimate of drug-likeness (QED) is 0.744. The van der Waals surface area contributed by atoms with Crippen molar-refractivity contribution in [3.05, 3.63) is 60.2 Å². The summed E-state index contributed by atoms with van der Waals surface area (Å²) < 4.78 is 11.0. The fourth-order valence-corrected chi connectivity index (χ4v) is 3.58. The molecule has 148 valence electrons. The lowest BCUT2D eigenvalue weighted by Crippen LogP contribution is -2.45. The maximum Gasteiger partial charge on any atom is 0.342 e. The molecule has 0 spiro atoms. The van der Waals surface area contributed by atoms with Crippen LogP contribution < -0.4 is 10.1 Å². The lowest BCUT2D eigenvalue weighted by atomic mass is 9.78. The van der Waals surface area contributed by atoms with Gasteiger partial charge in [0.2, 0.25) is 0 Å². The first-order valence-electron chi connectivity index (χ1n) is 9.83. The number of ether oxygens (including phenoxy) is 2. The van der Waals surface area contributed by atoms with Crippen molar-refractivity contribution in [3.8, 4) is 11.5 Å². The zero-order valence-corrected chi connectivity index (χ0v) is 16.4. The van der Waals surface area contributed by atoms with Gasteiger partial charge < -0.3 is 14.8 Å². The number of rotatable bonds is 6. The lowest BCUT2D eigenvalue weighted by molar-refractivity contribution is -0.125. The van der Waals surface area contributed by atoms with E-state index < -0.39 is 5.97 Å². The molecule has 0 bridgehead atoms. The molecule has 1 saturated carbocycles. The van der Waals surface area contributed by atoms with E-state index in [9.17, 15) is 9.59 Å². The Hall–Kier alpha value is -2.82. The summed E-state index contributed by atoms with van der Waals surface area (Å²) in [5.74, 6) is 1.19. The Morgan fingerprint density at radius 2 is 1.71 bits per heavy atom. The third-order valence-corrected chi connectivity index (χ3v) is 5.47. The Balaban J connectivity index is 1.57. The van der Waals surface area contributed by atoms with E-state index in [1.165, 1.54) is 6.42 Å². The Morgan fingerprint density at radius 3 is 2.50 bits per heavy atom. The average molecular weight is 381 g/mol.